The molecule has 0 fully saturated rings. The van der Waals surface area contributed by atoms with Crippen LogP contribution in [0.2, 0.25) is 0 Å². The number of benzene rings is 1. The van der Waals surface area contributed by atoms with E-state index in [4.69, 9.17) is 4.74 Å². The molecular weight excluding hydrogens is 202 g/mol. The molecule has 1 aromatic rings. The lowest BCUT2D eigenvalue weighted by Gasteiger charge is -2.23. The Labute approximate surface area is 97.0 Å². The summed E-state index contributed by atoms with van der Waals surface area (Å²) in [4.78, 5) is 13.7. The van der Waals surface area contributed by atoms with E-state index in [0.717, 1.165) is 12.2 Å². The number of anilines is 1. The molecule has 0 atom stereocenters. The van der Waals surface area contributed by atoms with Gasteiger partial charge in [0, 0.05) is 13.6 Å². The van der Waals surface area contributed by atoms with Crippen LogP contribution in [-0.4, -0.2) is 26.7 Å². The third-order valence-electron chi connectivity index (χ3n) is 2.36. The molecule has 0 saturated heterocycles. The van der Waals surface area contributed by atoms with Gasteiger partial charge in [-0.25, -0.2) is 4.79 Å². The summed E-state index contributed by atoms with van der Waals surface area (Å²) in [5.41, 5.74) is 1.54. The zero-order chi connectivity index (χ0) is 12.1. The van der Waals surface area contributed by atoms with Crippen LogP contribution < -0.4 is 4.90 Å². The Kier molecular flexibility index (Phi) is 4.35. The SMILES string of the molecule is COC(=O)c1ccccc1N(C)CC(C)C. The second-order valence-corrected chi connectivity index (χ2v) is 4.28. The average molecular weight is 221 g/mol. The highest BCUT2D eigenvalue weighted by atomic mass is 16.5. The first-order chi connectivity index (χ1) is 7.56. The molecule has 0 aromatic heterocycles. The maximum atomic E-state index is 11.6. The van der Waals surface area contributed by atoms with Crippen LogP contribution >= 0.6 is 0 Å². The highest BCUT2D eigenvalue weighted by Gasteiger charge is 2.14. The minimum absolute atomic E-state index is 0.286. The number of hydrogen-bond donors (Lipinski definition) is 0. The molecule has 3 nitrogen and oxygen atoms in total. The summed E-state index contributed by atoms with van der Waals surface area (Å²) in [6.45, 7) is 5.21. The van der Waals surface area contributed by atoms with Crippen molar-refractivity contribution in [2.24, 2.45) is 5.92 Å². The van der Waals surface area contributed by atoms with E-state index < -0.39 is 0 Å². The predicted molar refractivity (Wildman–Crippen MR) is 65.9 cm³/mol. The molecule has 0 saturated carbocycles. The summed E-state index contributed by atoms with van der Waals surface area (Å²) < 4.78 is 4.77. The van der Waals surface area contributed by atoms with E-state index in [-0.39, 0.29) is 5.97 Å². The second kappa shape index (κ2) is 5.54. The molecular formula is C13H19NO2. The van der Waals surface area contributed by atoms with Gasteiger partial charge >= 0.3 is 5.97 Å². The van der Waals surface area contributed by atoms with Gasteiger partial charge in [0.05, 0.1) is 18.4 Å². The fourth-order valence-corrected chi connectivity index (χ4v) is 1.74. The van der Waals surface area contributed by atoms with E-state index >= 15 is 0 Å². The zero-order valence-corrected chi connectivity index (χ0v) is 10.4. The number of hydrogen-bond acceptors (Lipinski definition) is 3. The van der Waals surface area contributed by atoms with E-state index in [1.165, 1.54) is 7.11 Å². The van der Waals surface area contributed by atoms with Crippen molar-refractivity contribution in [2.45, 2.75) is 13.8 Å². The monoisotopic (exact) mass is 221 g/mol. The van der Waals surface area contributed by atoms with Gasteiger partial charge in [-0.1, -0.05) is 26.0 Å². The summed E-state index contributed by atoms with van der Waals surface area (Å²) in [5, 5.41) is 0. The fraction of sp³-hybridized carbons (Fsp3) is 0.462. The van der Waals surface area contributed by atoms with Gasteiger partial charge < -0.3 is 9.64 Å². The Morgan fingerprint density at radius 2 is 2.00 bits per heavy atom. The van der Waals surface area contributed by atoms with Gasteiger partial charge in [-0.3, -0.25) is 0 Å². The molecule has 1 aromatic carbocycles. The number of nitrogens with zero attached hydrogens (tertiary/aromatic N) is 1. The van der Waals surface area contributed by atoms with E-state index in [2.05, 4.69) is 18.7 Å². The van der Waals surface area contributed by atoms with E-state index in [9.17, 15) is 4.79 Å². The number of carbonyl (C=O) groups excluding carboxylic acids is 1. The normalized spacial score (nSPS) is 10.3. The lowest BCUT2D eigenvalue weighted by atomic mass is 10.1. The van der Waals surface area contributed by atoms with Crippen LogP contribution in [0.4, 0.5) is 5.69 Å². The number of esters is 1. The lowest BCUT2D eigenvalue weighted by Crippen LogP contribution is -2.24. The summed E-state index contributed by atoms with van der Waals surface area (Å²) in [5.74, 6) is 0.266. The molecule has 0 heterocycles. The maximum absolute atomic E-state index is 11.6. The molecule has 1 rings (SSSR count). The van der Waals surface area contributed by atoms with Gasteiger partial charge in [-0.05, 0) is 18.1 Å². The van der Waals surface area contributed by atoms with Crippen molar-refractivity contribution in [3.8, 4) is 0 Å². The van der Waals surface area contributed by atoms with Crippen LogP contribution in [-0.2, 0) is 4.74 Å². The van der Waals surface area contributed by atoms with Gasteiger partial charge in [0.2, 0.25) is 0 Å². The fourth-order valence-electron chi connectivity index (χ4n) is 1.74. The molecule has 0 radical (unpaired) electrons. The summed E-state index contributed by atoms with van der Waals surface area (Å²) in [6, 6.07) is 7.50. The number of ether oxygens (including phenoxy) is 1. The summed E-state index contributed by atoms with van der Waals surface area (Å²) in [6.07, 6.45) is 0. The molecule has 0 bridgehead atoms. The first-order valence-electron chi connectivity index (χ1n) is 5.44. The van der Waals surface area contributed by atoms with Gasteiger partial charge in [-0.2, -0.15) is 0 Å². The summed E-state index contributed by atoms with van der Waals surface area (Å²) in [7, 11) is 3.39. The molecule has 3 heteroatoms. The minimum atomic E-state index is -0.286. The minimum Gasteiger partial charge on any atom is -0.465 e. The van der Waals surface area contributed by atoms with Gasteiger partial charge in [-0.15, -0.1) is 0 Å². The first kappa shape index (κ1) is 12.6. The van der Waals surface area contributed by atoms with Crippen molar-refractivity contribution < 1.29 is 9.53 Å². The molecule has 0 aliphatic heterocycles. The Morgan fingerprint density at radius 1 is 1.38 bits per heavy atom. The van der Waals surface area contributed by atoms with Gasteiger partial charge in [0.25, 0.3) is 0 Å². The molecule has 88 valence electrons. The van der Waals surface area contributed by atoms with Crippen molar-refractivity contribution in [3.63, 3.8) is 0 Å². The highest BCUT2D eigenvalue weighted by Crippen LogP contribution is 2.20. The quantitative estimate of drug-likeness (QED) is 0.732. The van der Waals surface area contributed by atoms with E-state index in [0.29, 0.717) is 11.5 Å². The van der Waals surface area contributed by atoms with Crippen LogP contribution in [0.1, 0.15) is 24.2 Å². The Morgan fingerprint density at radius 3 is 2.56 bits per heavy atom. The number of rotatable bonds is 4. The van der Waals surface area contributed by atoms with E-state index in [1.807, 2.05) is 25.2 Å². The standard InChI is InChI=1S/C13H19NO2/c1-10(2)9-14(3)12-8-6-5-7-11(12)13(15)16-4/h5-8,10H,9H2,1-4H3. The van der Waals surface area contributed by atoms with Crippen molar-refractivity contribution in [3.05, 3.63) is 29.8 Å². The first-order valence-corrected chi connectivity index (χ1v) is 5.44. The largest absolute Gasteiger partial charge is 0.465 e. The molecule has 0 spiro atoms. The van der Waals surface area contributed by atoms with Gasteiger partial charge in [0.1, 0.15) is 0 Å². The number of para-hydroxylation sites is 1. The van der Waals surface area contributed by atoms with Crippen molar-refractivity contribution in [2.75, 3.05) is 25.6 Å². The molecule has 0 amide bonds. The zero-order valence-electron chi connectivity index (χ0n) is 10.4. The van der Waals surface area contributed by atoms with Crippen LogP contribution in [0.15, 0.2) is 24.3 Å². The predicted octanol–water partition coefficient (Wildman–Crippen LogP) is 2.57. The Balaban J connectivity index is 2.98. The highest BCUT2D eigenvalue weighted by molar-refractivity contribution is 5.95. The average Bonchev–Trinajstić information content (AvgIpc) is 2.27. The van der Waals surface area contributed by atoms with Crippen LogP contribution in [0.3, 0.4) is 0 Å². The van der Waals surface area contributed by atoms with Crippen LogP contribution in [0.5, 0.6) is 0 Å². The molecule has 16 heavy (non-hydrogen) atoms. The molecule has 0 aliphatic rings. The van der Waals surface area contributed by atoms with Crippen molar-refractivity contribution in [1.29, 1.82) is 0 Å². The van der Waals surface area contributed by atoms with Crippen LogP contribution in [0.25, 0.3) is 0 Å². The topological polar surface area (TPSA) is 29.5 Å². The Hall–Kier alpha value is -1.51. The smallest absolute Gasteiger partial charge is 0.339 e. The lowest BCUT2D eigenvalue weighted by molar-refractivity contribution is 0.0601. The van der Waals surface area contributed by atoms with Crippen molar-refractivity contribution >= 4 is 11.7 Å². The third kappa shape index (κ3) is 2.99. The molecule has 0 aliphatic carbocycles. The van der Waals surface area contributed by atoms with E-state index in [1.54, 1.807) is 6.07 Å². The van der Waals surface area contributed by atoms with Gasteiger partial charge in [0.15, 0.2) is 0 Å². The second-order valence-electron chi connectivity index (χ2n) is 4.28. The van der Waals surface area contributed by atoms with Crippen molar-refractivity contribution in [1.82, 2.24) is 0 Å². The van der Waals surface area contributed by atoms with Crippen LogP contribution in [0, 0.1) is 5.92 Å². The molecule has 0 unspecified atom stereocenters. The Bertz CT molecular complexity index is 361. The number of carbonyl (C=O) groups is 1. The molecule has 0 N–H and O–H groups in total. The summed E-state index contributed by atoms with van der Waals surface area (Å²) >= 11 is 0. The maximum Gasteiger partial charge on any atom is 0.339 e. The number of methoxy groups -OCH3 is 1. The third-order valence-corrected chi connectivity index (χ3v) is 2.36.